The number of hydrogen-bond donors (Lipinski definition) is 2. The van der Waals surface area contributed by atoms with E-state index in [1.54, 1.807) is 0 Å². The van der Waals surface area contributed by atoms with Crippen LogP contribution in [0.25, 0.3) is 11.0 Å². The molecule has 1 aromatic carbocycles. The SMILES string of the molecule is CC(C)[C@@H](NCc1cc2ccccc2o1)C(=O)O. The van der Waals surface area contributed by atoms with Crippen molar-refractivity contribution in [2.75, 3.05) is 0 Å². The predicted octanol–water partition coefficient (Wildman–Crippen LogP) is 2.63. The minimum absolute atomic E-state index is 0.0341. The smallest absolute Gasteiger partial charge is 0.320 e. The minimum Gasteiger partial charge on any atom is -0.480 e. The lowest BCUT2D eigenvalue weighted by atomic mass is 10.0. The van der Waals surface area contributed by atoms with Gasteiger partial charge in [0, 0.05) is 5.39 Å². The van der Waals surface area contributed by atoms with Gasteiger partial charge in [-0.3, -0.25) is 10.1 Å². The third kappa shape index (κ3) is 2.71. The molecule has 18 heavy (non-hydrogen) atoms. The molecule has 0 bridgehead atoms. The van der Waals surface area contributed by atoms with E-state index in [-0.39, 0.29) is 5.92 Å². The Labute approximate surface area is 106 Å². The van der Waals surface area contributed by atoms with Gasteiger partial charge in [-0.05, 0) is 18.1 Å². The normalized spacial score (nSPS) is 13.1. The molecule has 1 atom stereocenters. The number of carboxylic acid groups (broad SMARTS) is 1. The van der Waals surface area contributed by atoms with Gasteiger partial charge in [0.15, 0.2) is 0 Å². The summed E-state index contributed by atoms with van der Waals surface area (Å²) in [5, 5.41) is 13.1. The molecule has 0 aliphatic rings. The van der Waals surface area contributed by atoms with Crippen molar-refractivity contribution in [3.63, 3.8) is 0 Å². The van der Waals surface area contributed by atoms with Gasteiger partial charge in [-0.1, -0.05) is 32.0 Å². The Morgan fingerprint density at radius 3 is 2.72 bits per heavy atom. The van der Waals surface area contributed by atoms with Crippen LogP contribution < -0.4 is 5.32 Å². The van der Waals surface area contributed by atoms with Crippen LogP contribution >= 0.6 is 0 Å². The number of nitrogens with one attached hydrogen (secondary N) is 1. The summed E-state index contributed by atoms with van der Waals surface area (Å²) in [5.74, 6) is -0.0453. The Morgan fingerprint density at radius 2 is 2.11 bits per heavy atom. The molecule has 0 saturated carbocycles. The van der Waals surface area contributed by atoms with E-state index in [1.807, 2.05) is 44.2 Å². The average molecular weight is 247 g/mol. The van der Waals surface area contributed by atoms with E-state index in [0.29, 0.717) is 6.54 Å². The van der Waals surface area contributed by atoms with Crippen LogP contribution in [0, 0.1) is 5.92 Å². The molecule has 4 heteroatoms. The number of fused-ring (bicyclic) bond motifs is 1. The molecule has 0 spiro atoms. The zero-order chi connectivity index (χ0) is 13.1. The fourth-order valence-corrected chi connectivity index (χ4v) is 1.94. The van der Waals surface area contributed by atoms with Gasteiger partial charge in [0.25, 0.3) is 0 Å². The molecular weight excluding hydrogens is 230 g/mol. The predicted molar refractivity (Wildman–Crippen MR) is 69.3 cm³/mol. The fraction of sp³-hybridized carbons (Fsp3) is 0.357. The molecule has 0 unspecified atom stereocenters. The molecule has 1 heterocycles. The van der Waals surface area contributed by atoms with Gasteiger partial charge < -0.3 is 9.52 Å². The quantitative estimate of drug-likeness (QED) is 0.852. The Bertz CT molecular complexity index is 512. The first kappa shape index (κ1) is 12.6. The van der Waals surface area contributed by atoms with Crippen LogP contribution in [-0.2, 0) is 11.3 Å². The van der Waals surface area contributed by atoms with Crippen LogP contribution in [0.5, 0.6) is 0 Å². The summed E-state index contributed by atoms with van der Waals surface area (Å²) in [7, 11) is 0. The van der Waals surface area contributed by atoms with Gasteiger partial charge in [-0.15, -0.1) is 0 Å². The highest BCUT2D eigenvalue weighted by Crippen LogP contribution is 2.18. The van der Waals surface area contributed by atoms with Crippen molar-refractivity contribution in [3.8, 4) is 0 Å². The number of carbonyl (C=O) groups is 1. The van der Waals surface area contributed by atoms with Crippen LogP contribution in [0.3, 0.4) is 0 Å². The maximum absolute atomic E-state index is 11.0. The molecule has 0 aliphatic heterocycles. The molecule has 96 valence electrons. The number of para-hydroxylation sites is 1. The van der Waals surface area contributed by atoms with Crippen molar-refractivity contribution in [2.24, 2.45) is 5.92 Å². The zero-order valence-electron chi connectivity index (χ0n) is 10.5. The maximum atomic E-state index is 11.0. The number of hydrogen-bond acceptors (Lipinski definition) is 3. The van der Waals surface area contributed by atoms with Crippen LogP contribution in [-0.4, -0.2) is 17.1 Å². The first-order valence-corrected chi connectivity index (χ1v) is 6.01. The van der Waals surface area contributed by atoms with Crippen molar-refractivity contribution in [1.82, 2.24) is 5.32 Å². The highest BCUT2D eigenvalue weighted by molar-refractivity contribution is 5.77. The number of rotatable bonds is 5. The van der Waals surface area contributed by atoms with Gasteiger partial charge in [0.2, 0.25) is 0 Å². The monoisotopic (exact) mass is 247 g/mol. The Balaban J connectivity index is 2.07. The van der Waals surface area contributed by atoms with E-state index < -0.39 is 12.0 Å². The summed E-state index contributed by atoms with van der Waals surface area (Å²) in [6, 6.07) is 9.11. The van der Waals surface area contributed by atoms with E-state index in [4.69, 9.17) is 9.52 Å². The highest BCUT2D eigenvalue weighted by Gasteiger charge is 2.20. The molecule has 2 rings (SSSR count). The van der Waals surface area contributed by atoms with Gasteiger partial charge in [0.1, 0.15) is 17.4 Å². The van der Waals surface area contributed by atoms with Crippen LogP contribution in [0.15, 0.2) is 34.7 Å². The average Bonchev–Trinajstić information content (AvgIpc) is 2.70. The third-order valence-corrected chi connectivity index (χ3v) is 2.91. The summed E-state index contributed by atoms with van der Waals surface area (Å²) in [4.78, 5) is 11.0. The summed E-state index contributed by atoms with van der Waals surface area (Å²) < 4.78 is 5.62. The van der Waals surface area contributed by atoms with Crippen LogP contribution in [0.2, 0.25) is 0 Å². The van der Waals surface area contributed by atoms with Crippen molar-refractivity contribution in [1.29, 1.82) is 0 Å². The second-order valence-electron chi connectivity index (χ2n) is 4.69. The highest BCUT2D eigenvalue weighted by atomic mass is 16.4. The largest absolute Gasteiger partial charge is 0.480 e. The molecule has 1 aromatic heterocycles. The van der Waals surface area contributed by atoms with E-state index in [2.05, 4.69) is 5.32 Å². The molecular formula is C14H17NO3. The molecule has 0 fully saturated rings. The summed E-state index contributed by atoms with van der Waals surface area (Å²) in [5.41, 5.74) is 0.825. The first-order chi connectivity index (χ1) is 8.58. The minimum atomic E-state index is -0.832. The second kappa shape index (κ2) is 5.23. The van der Waals surface area contributed by atoms with E-state index >= 15 is 0 Å². The molecule has 0 radical (unpaired) electrons. The maximum Gasteiger partial charge on any atom is 0.320 e. The fourth-order valence-electron chi connectivity index (χ4n) is 1.94. The topological polar surface area (TPSA) is 62.5 Å². The molecule has 2 N–H and O–H groups in total. The summed E-state index contributed by atoms with van der Waals surface area (Å²) >= 11 is 0. The lowest BCUT2D eigenvalue weighted by Crippen LogP contribution is -2.40. The van der Waals surface area contributed by atoms with Crippen molar-refractivity contribution >= 4 is 16.9 Å². The lowest BCUT2D eigenvalue weighted by molar-refractivity contribution is -0.140. The van der Waals surface area contributed by atoms with E-state index in [1.165, 1.54) is 0 Å². The molecule has 0 saturated heterocycles. The Hall–Kier alpha value is -1.81. The lowest BCUT2D eigenvalue weighted by Gasteiger charge is -2.16. The van der Waals surface area contributed by atoms with Crippen molar-refractivity contribution in [3.05, 3.63) is 36.1 Å². The van der Waals surface area contributed by atoms with Crippen molar-refractivity contribution < 1.29 is 14.3 Å². The Morgan fingerprint density at radius 1 is 1.39 bits per heavy atom. The summed E-state index contributed by atoms with van der Waals surface area (Å²) in [6.07, 6.45) is 0. The molecule has 4 nitrogen and oxygen atoms in total. The van der Waals surface area contributed by atoms with Crippen LogP contribution in [0.1, 0.15) is 19.6 Å². The molecule has 0 amide bonds. The zero-order valence-corrected chi connectivity index (χ0v) is 10.5. The second-order valence-corrected chi connectivity index (χ2v) is 4.69. The first-order valence-electron chi connectivity index (χ1n) is 6.01. The number of furan rings is 1. The molecule has 0 aliphatic carbocycles. The van der Waals surface area contributed by atoms with Gasteiger partial charge in [-0.2, -0.15) is 0 Å². The van der Waals surface area contributed by atoms with Gasteiger partial charge in [0.05, 0.1) is 6.54 Å². The molecule has 2 aromatic rings. The number of aliphatic carboxylic acids is 1. The standard InChI is InChI=1S/C14H17NO3/c1-9(2)13(14(16)17)15-8-11-7-10-5-3-4-6-12(10)18-11/h3-7,9,13,15H,8H2,1-2H3,(H,16,17)/t13-/m1/s1. The van der Waals surface area contributed by atoms with Gasteiger partial charge in [-0.25, -0.2) is 0 Å². The van der Waals surface area contributed by atoms with Crippen molar-refractivity contribution in [2.45, 2.75) is 26.4 Å². The third-order valence-electron chi connectivity index (χ3n) is 2.91. The van der Waals surface area contributed by atoms with E-state index in [0.717, 1.165) is 16.7 Å². The number of benzene rings is 1. The van der Waals surface area contributed by atoms with E-state index in [9.17, 15) is 4.79 Å². The Kier molecular flexibility index (Phi) is 3.67. The summed E-state index contributed by atoms with van der Waals surface area (Å²) in [6.45, 7) is 4.18. The van der Waals surface area contributed by atoms with Crippen LogP contribution in [0.4, 0.5) is 0 Å². The van der Waals surface area contributed by atoms with Gasteiger partial charge >= 0.3 is 5.97 Å². The number of carboxylic acids is 1.